The number of hydrogen-bond donors (Lipinski definition) is 0. The molecule has 0 spiro atoms. The highest BCUT2D eigenvalue weighted by atomic mass is 19.1. The van der Waals surface area contributed by atoms with E-state index in [2.05, 4.69) is 6.58 Å². The van der Waals surface area contributed by atoms with Crippen molar-refractivity contribution in [2.45, 2.75) is 13.8 Å². The van der Waals surface area contributed by atoms with E-state index in [0.29, 0.717) is 11.1 Å². The molecule has 0 bridgehead atoms. The van der Waals surface area contributed by atoms with Crippen molar-refractivity contribution < 1.29 is 8.78 Å². The summed E-state index contributed by atoms with van der Waals surface area (Å²) in [7, 11) is 0. The van der Waals surface area contributed by atoms with E-state index in [-0.39, 0.29) is 5.56 Å². The van der Waals surface area contributed by atoms with Crippen LogP contribution in [0.1, 0.15) is 18.1 Å². The molecule has 0 aliphatic carbocycles. The number of hydrogen-bond acceptors (Lipinski definition) is 0. The summed E-state index contributed by atoms with van der Waals surface area (Å²) in [5.74, 6) is -0.809. The Bertz CT molecular complexity index is 327. The average Bonchev–Trinajstić information content (AvgIpc) is 1.96. The molecule has 0 aromatic heterocycles. The first-order valence-electron chi connectivity index (χ1n) is 3.64. The maximum absolute atomic E-state index is 13.1. The highest BCUT2D eigenvalue weighted by molar-refractivity contribution is 5.62. The summed E-state index contributed by atoms with van der Waals surface area (Å²) in [5, 5.41) is 0. The van der Waals surface area contributed by atoms with Gasteiger partial charge in [-0.1, -0.05) is 6.58 Å². The van der Waals surface area contributed by atoms with Crippen molar-refractivity contribution in [2.75, 3.05) is 0 Å². The summed E-state index contributed by atoms with van der Waals surface area (Å²) in [4.78, 5) is 0. The van der Waals surface area contributed by atoms with Gasteiger partial charge < -0.3 is 0 Å². The molecule has 0 saturated carbocycles. The fraction of sp³-hybridized carbons (Fsp3) is 0.200. The fourth-order valence-corrected chi connectivity index (χ4v) is 0.973. The molecule has 0 amide bonds. The van der Waals surface area contributed by atoms with Crippen LogP contribution < -0.4 is 0 Å². The van der Waals surface area contributed by atoms with Crippen molar-refractivity contribution in [3.63, 3.8) is 0 Å². The molecule has 0 heterocycles. The van der Waals surface area contributed by atoms with E-state index in [4.69, 9.17) is 0 Å². The first-order valence-corrected chi connectivity index (χ1v) is 3.64. The monoisotopic (exact) mass is 168 g/mol. The Kier molecular flexibility index (Phi) is 2.27. The van der Waals surface area contributed by atoms with E-state index in [0.717, 1.165) is 0 Å². The van der Waals surface area contributed by atoms with Gasteiger partial charge in [0.2, 0.25) is 0 Å². The number of allylic oxidation sites excluding steroid dienone is 1. The molecule has 0 aliphatic rings. The van der Waals surface area contributed by atoms with Crippen molar-refractivity contribution in [3.05, 3.63) is 41.5 Å². The average molecular weight is 168 g/mol. The molecule has 0 atom stereocenters. The van der Waals surface area contributed by atoms with Gasteiger partial charge in [0, 0.05) is 5.56 Å². The van der Waals surface area contributed by atoms with Crippen molar-refractivity contribution in [1.82, 2.24) is 0 Å². The zero-order chi connectivity index (χ0) is 9.30. The zero-order valence-corrected chi connectivity index (χ0v) is 7.12. The zero-order valence-electron chi connectivity index (χ0n) is 7.12. The molecule has 0 aliphatic heterocycles. The third-order valence-corrected chi connectivity index (χ3v) is 1.71. The van der Waals surface area contributed by atoms with Crippen LogP contribution in [0, 0.1) is 18.6 Å². The van der Waals surface area contributed by atoms with Crippen LogP contribution in [0.2, 0.25) is 0 Å². The minimum atomic E-state index is -0.415. The van der Waals surface area contributed by atoms with E-state index in [1.54, 1.807) is 6.92 Å². The van der Waals surface area contributed by atoms with Gasteiger partial charge in [-0.15, -0.1) is 0 Å². The van der Waals surface area contributed by atoms with Crippen LogP contribution in [0.3, 0.4) is 0 Å². The molecule has 1 aromatic carbocycles. The van der Waals surface area contributed by atoms with E-state index >= 15 is 0 Å². The van der Waals surface area contributed by atoms with E-state index < -0.39 is 11.6 Å². The predicted octanol–water partition coefficient (Wildman–Crippen LogP) is 3.31. The Hall–Kier alpha value is -1.18. The lowest BCUT2D eigenvalue weighted by Gasteiger charge is -2.03. The summed E-state index contributed by atoms with van der Waals surface area (Å²) in [5.41, 5.74) is 1.10. The summed E-state index contributed by atoms with van der Waals surface area (Å²) in [6.45, 7) is 6.72. The van der Waals surface area contributed by atoms with Crippen LogP contribution in [0.15, 0.2) is 18.7 Å². The lowest BCUT2D eigenvalue weighted by Crippen LogP contribution is -1.91. The third-order valence-electron chi connectivity index (χ3n) is 1.71. The Morgan fingerprint density at radius 3 is 2.33 bits per heavy atom. The molecule has 0 fully saturated rings. The van der Waals surface area contributed by atoms with Crippen LogP contribution >= 0.6 is 0 Å². The predicted molar refractivity (Wildman–Crippen MR) is 45.8 cm³/mol. The Labute approximate surface area is 70.5 Å². The maximum atomic E-state index is 13.1. The topological polar surface area (TPSA) is 0 Å². The number of benzene rings is 1. The van der Waals surface area contributed by atoms with Crippen molar-refractivity contribution in [1.29, 1.82) is 0 Å². The molecule has 0 saturated heterocycles. The van der Waals surface area contributed by atoms with Crippen molar-refractivity contribution >= 4 is 5.57 Å². The largest absolute Gasteiger partial charge is 0.207 e. The minimum absolute atomic E-state index is 0.248. The third kappa shape index (κ3) is 1.52. The molecule has 0 nitrogen and oxygen atoms in total. The maximum Gasteiger partial charge on any atom is 0.131 e. The van der Waals surface area contributed by atoms with E-state index in [1.165, 1.54) is 19.1 Å². The molecule has 2 heteroatoms. The Morgan fingerprint density at radius 1 is 1.25 bits per heavy atom. The highest BCUT2D eigenvalue weighted by Gasteiger charge is 2.06. The first kappa shape index (κ1) is 8.91. The van der Waals surface area contributed by atoms with Gasteiger partial charge in [0.25, 0.3) is 0 Å². The lowest BCUT2D eigenvalue weighted by atomic mass is 10.1. The fourth-order valence-electron chi connectivity index (χ4n) is 0.973. The second-order valence-electron chi connectivity index (χ2n) is 2.86. The molecule has 64 valence electrons. The molecule has 0 N–H and O–H groups in total. The van der Waals surface area contributed by atoms with Crippen LogP contribution in [0.5, 0.6) is 0 Å². The molecular formula is C10H10F2. The lowest BCUT2D eigenvalue weighted by molar-refractivity contribution is 0.589. The Morgan fingerprint density at radius 2 is 1.83 bits per heavy atom. The van der Waals surface area contributed by atoms with Gasteiger partial charge in [0.15, 0.2) is 0 Å². The van der Waals surface area contributed by atoms with Crippen LogP contribution in [0.25, 0.3) is 5.57 Å². The molecule has 0 radical (unpaired) electrons. The van der Waals surface area contributed by atoms with E-state index in [9.17, 15) is 8.78 Å². The quantitative estimate of drug-likeness (QED) is 0.603. The summed E-state index contributed by atoms with van der Waals surface area (Å²) in [6, 6.07) is 2.35. The van der Waals surface area contributed by atoms with Crippen LogP contribution in [-0.4, -0.2) is 0 Å². The van der Waals surface area contributed by atoms with Gasteiger partial charge in [-0.05, 0) is 37.1 Å². The van der Waals surface area contributed by atoms with Gasteiger partial charge in [-0.3, -0.25) is 0 Å². The SMILES string of the molecule is C=C(C)c1cc(F)c(C)cc1F. The number of aryl methyl sites for hydroxylation is 1. The second-order valence-corrected chi connectivity index (χ2v) is 2.86. The van der Waals surface area contributed by atoms with Gasteiger partial charge in [0.1, 0.15) is 11.6 Å². The van der Waals surface area contributed by atoms with Crippen LogP contribution in [0.4, 0.5) is 8.78 Å². The smallest absolute Gasteiger partial charge is 0.131 e. The van der Waals surface area contributed by atoms with E-state index in [1.807, 2.05) is 0 Å². The molecule has 12 heavy (non-hydrogen) atoms. The molecule has 1 rings (SSSR count). The Balaban J connectivity index is 3.33. The number of halogens is 2. The number of rotatable bonds is 1. The van der Waals surface area contributed by atoms with Crippen molar-refractivity contribution in [3.8, 4) is 0 Å². The minimum Gasteiger partial charge on any atom is -0.207 e. The van der Waals surface area contributed by atoms with Gasteiger partial charge in [-0.2, -0.15) is 0 Å². The summed E-state index contributed by atoms with van der Waals surface area (Å²) >= 11 is 0. The second kappa shape index (κ2) is 3.05. The van der Waals surface area contributed by atoms with Gasteiger partial charge in [-0.25, -0.2) is 8.78 Å². The molecule has 1 aromatic rings. The first-order chi connectivity index (χ1) is 5.52. The summed E-state index contributed by atoms with van der Waals surface area (Å²) < 4.78 is 26.0. The van der Waals surface area contributed by atoms with Crippen LogP contribution in [-0.2, 0) is 0 Å². The normalized spacial score (nSPS) is 10.0. The molecular weight excluding hydrogens is 158 g/mol. The summed E-state index contributed by atoms with van der Waals surface area (Å²) in [6.07, 6.45) is 0. The van der Waals surface area contributed by atoms with Gasteiger partial charge in [0.05, 0.1) is 0 Å². The van der Waals surface area contributed by atoms with Gasteiger partial charge >= 0.3 is 0 Å². The van der Waals surface area contributed by atoms with Crippen molar-refractivity contribution in [2.24, 2.45) is 0 Å². The standard InChI is InChI=1S/C10H10F2/c1-6(2)8-5-9(11)7(3)4-10(8)12/h4-5H,1H2,2-3H3. The molecule has 0 unspecified atom stereocenters. The highest BCUT2D eigenvalue weighted by Crippen LogP contribution is 2.19.